The maximum atomic E-state index is 6.00. The van der Waals surface area contributed by atoms with E-state index < -0.39 is 0 Å². The zero-order valence-corrected chi connectivity index (χ0v) is 6.84. The molecule has 2 aliphatic rings. The van der Waals surface area contributed by atoms with Crippen LogP contribution in [-0.2, 0) is 4.74 Å². The number of fused-ring (bicyclic) bond motifs is 1. The number of alkyl halides is 1. The minimum absolute atomic E-state index is 0.352. The molecule has 0 radical (unpaired) electrons. The summed E-state index contributed by atoms with van der Waals surface area (Å²) in [7, 11) is 2.12. The van der Waals surface area contributed by atoms with Crippen LogP contribution in [0.3, 0.4) is 0 Å². The molecule has 3 heteroatoms. The van der Waals surface area contributed by atoms with Crippen molar-refractivity contribution in [2.24, 2.45) is 5.92 Å². The van der Waals surface area contributed by atoms with Crippen LogP contribution in [0.2, 0.25) is 0 Å². The summed E-state index contributed by atoms with van der Waals surface area (Å²) >= 11 is 6.00. The first-order valence-corrected chi connectivity index (χ1v) is 4.16. The Hall–Kier alpha value is 0.210. The molecule has 58 valence electrons. The minimum atomic E-state index is 0.352. The van der Waals surface area contributed by atoms with E-state index in [4.69, 9.17) is 16.3 Å². The number of hydrogen-bond donors (Lipinski definition) is 0. The van der Waals surface area contributed by atoms with E-state index in [9.17, 15) is 0 Å². The van der Waals surface area contributed by atoms with Crippen molar-refractivity contribution in [1.29, 1.82) is 0 Å². The van der Waals surface area contributed by atoms with Gasteiger partial charge in [-0.3, -0.25) is 4.90 Å². The highest BCUT2D eigenvalue weighted by Gasteiger charge is 2.52. The summed E-state index contributed by atoms with van der Waals surface area (Å²) in [6.45, 7) is 2.76. The van der Waals surface area contributed by atoms with Crippen LogP contribution in [-0.4, -0.2) is 43.1 Å². The summed E-state index contributed by atoms with van der Waals surface area (Å²) in [6, 6.07) is 0.601. The second kappa shape index (κ2) is 2.36. The number of likely N-dealkylation sites (N-methyl/N-ethyl adjacent to an activating group) is 1. The summed E-state index contributed by atoms with van der Waals surface area (Å²) < 4.78 is 5.36. The minimum Gasteiger partial charge on any atom is -0.380 e. The molecule has 1 heterocycles. The largest absolute Gasteiger partial charge is 0.380 e. The van der Waals surface area contributed by atoms with Crippen molar-refractivity contribution in [3.8, 4) is 0 Å². The zero-order valence-electron chi connectivity index (χ0n) is 6.09. The maximum Gasteiger partial charge on any atom is 0.0593 e. The molecule has 0 spiro atoms. The van der Waals surface area contributed by atoms with Crippen LogP contribution in [0, 0.1) is 5.92 Å². The standard InChI is InChI=1S/C7H12ClNO/c1-9-2-3-10-4-5-6(8)7(5)9/h5-7H,2-4H2,1H3/t5-,6+,7-/m1/s1. The fourth-order valence-electron chi connectivity index (χ4n) is 1.65. The van der Waals surface area contributed by atoms with Crippen LogP contribution in [0.5, 0.6) is 0 Å². The molecule has 3 atom stereocenters. The molecule has 1 aliphatic carbocycles. The van der Waals surface area contributed by atoms with Crippen molar-refractivity contribution in [3.05, 3.63) is 0 Å². The third-order valence-electron chi connectivity index (χ3n) is 2.44. The van der Waals surface area contributed by atoms with E-state index in [1.165, 1.54) is 0 Å². The van der Waals surface area contributed by atoms with Gasteiger partial charge in [0.05, 0.1) is 18.6 Å². The van der Waals surface area contributed by atoms with Crippen LogP contribution >= 0.6 is 11.6 Å². The van der Waals surface area contributed by atoms with E-state index in [-0.39, 0.29) is 0 Å². The van der Waals surface area contributed by atoms with Gasteiger partial charge in [0.2, 0.25) is 0 Å². The zero-order chi connectivity index (χ0) is 7.14. The van der Waals surface area contributed by atoms with Gasteiger partial charge < -0.3 is 4.74 Å². The molecule has 1 saturated heterocycles. The highest BCUT2D eigenvalue weighted by molar-refractivity contribution is 6.23. The predicted octanol–water partition coefficient (Wildman–Crippen LogP) is 0.554. The van der Waals surface area contributed by atoms with Crippen LogP contribution in [0.25, 0.3) is 0 Å². The van der Waals surface area contributed by atoms with Crippen molar-refractivity contribution in [3.63, 3.8) is 0 Å². The smallest absolute Gasteiger partial charge is 0.0593 e. The molecule has 0 bridgehead atoms. The Labute approximate surface area is 66.1 Å². The van der Waals surface area contributed by atoms with Crippen molar-refractivity contribution >= 4 is 11.6 Å². The third-order valence-corrected chi connectivity index (χ3v) is 3.02. The van der Waals surface area contributed by atoms with Crippen molar-refractivity contribution in [1.82, 2.24) is 4.90 Å². The maximum absolute atomic E-state index is 6.00. The van der Waals surface area contributed by atoms with Gasteiger partial charge in [0.1, 0.15) is 0 Å². The van der Waals surface area contributed by atoms with Gasteiger partial charge in [-0.2, -0.15) is 0 Å². The van der Waals surface area contributed by atoms with Gasteiger partial charge in [-0.15, -0.1) is 11.6 Å². The number of rotatable bonds is 0. The molecule has 0 N–H and O–H groups in total. The Balaban J connectivity index is 2.00. The van der Waals surface area contributed by atoms with Gasteiger partial charge in [0.25, 0.3) is 0 Å². The van der Waals surface area contributed by atoms with Crippen LogP contribution in [0.1, 0.15) is 0 Å². The molecule has 2 rings (SSSR count). The highest BCUT2D eigenvalue weighted by Crippen LogP contribution is 2.41. The fraction of sp³-hybridized carbons (Fsp3) is 1.00. The Bertz CT molecular complexity index is 138. The quantitative estimate of drug-likeness (QED) is 0.482. The number of hydrogen-bond acceptors (Lipinski definition) is 2. The van der Waals surface area contributed by atoms with Crippen molar-refractivity contribution in [2.75, 3.05) is 26.8 Å². The fourth-order valence-corrected chi connectivity index (χ4v) is 2.17. The van der Waals surface area contributed by atoms with E-state index in [2.05, 4.69) is 11.9 Å². The summed E-state index contributed by atoms with van der Waals surface area (Å²) in [5.74, 6) is 0.606. The average molecular weight is 162 g/mol. The number of halogens is 1. The Morgan fingerprint density at radius 3 is 3.20 bits per heavy atom. The molecule has 2 nitrogen and oxygen atoms in total. The summed E-state index contributed by atoms with van der Waals surface area (Å²) in [5.41, 5.74) is 0. The summed E-state index contributed by atoms with van der Waals surface area (Å²) in [4.78, 5) is 2.30. The van der Waals surface area contributed by atoms with Gasteiger partial charge in [0, 0.05) is 18.5 Å². The van der Waals surface area contributed by atoms with Gasteiger partial charge in [-0.1, -0.05) is 0 Å². The normalized spacial score (nSPS) is 48.0. The molecular formula is C7H12ClNO. The first-order valence-electron chi connectivity index (χ1n) is 3.73. The number of nitrogens with zero attached hydrogens (tertiary/aromatic N) is 1. The lowest BCUT2D eigenvalue weighted by Crippen LogP contribution is -2.25. The first-order chi connectivity index (χ1) is 4.80. The van der Waals surface area contributed by atoms with E-state index in [0.29, 0.717) is 17.3 Å². The number of ether oxygens (including phenoxy) is 1. The van der Waals surface area contributed by atoms with Gasteiger partial charge in [0.15, 0.2) is 0 Å². The van der Waals surface area contributed by atoms with Crippen molar-refractivity contribution < 1.29 is 4.74 Å². The molecular weight excluding hydrogens is 150 g/mol. The molecule has 10 heavy (non-hydrogen) atoms. The molecule has 2 fully saturated rings. The molecule has 0 aromatic carbocycles. The third kappa shape index (κ3) is 0.949. The van der Waals surface area contributed by atoms with E-state index >= 15 is 0 Å². The lowest BCUT2D eigenvalue weighted by atomic mass is 10.4. The Morgan fingerprint density at radius 2 is 2.40 bits per heavy atom. The van der Waals surface area contributed by atoms with Gasteiger partial charge >= 0.3 is 0 Å². The average Bonchev–Trinajstić information content (AvgIpc) is 2.57. The summed E-state index contributed by atoms with van der Waals surface area (Å²) in [5, 5.41) is 0.352. The Kier molecular flexibility index (Phi) is 1.63. The first kappa shape index (κ1) is 6.89. The molecule has 0 amide bonds. The molecule has 0 aromatic rings. The molecule has 1 aliphatic heterocycles. The van der Waals surface area contributed by atoms with Crippen LogP contribution < -0.4 is 0 Å². The van der Waals surface area contributed by atoms with Crippen molar-refractivity contribution in [2.45, 2.75) is 11.4 Å². The molecule has 0 unspecified atom stereocenters. The van der Waals surface area contributed by atoms with E-state index in [0.717, 1.165) is 19.8 Å². The van der Waals surface area contributed by atoms with Crippen LogP contribution in [0.4, 0.5) is 0 Å². The SMILES string of the molecule is CN1CCOC[C@@H]2[C@H](Cl)[C@@H]21. The summed E-state index contributed by atoms with van der Waals surface area (Å²) in [6.07, 6.45) is 0. The lowest BCUT2D eigenvalue weighted by molar-refractivity contribution is 0.128. The highest BCUT2D eigenvalue weighted by atomic mass is 35.5. The second-order valence-electron chi connectivity index (χ2n) is 3.15. The van der Waals surface area contributed by atoms with Gasteiger partial charge in [-0.05, 0) is 7.05 Å². The van der Waals surface area contributed by atoms with E-state index in [1.54, 1.807) is 0 Å². The molecule has 1 saturated carbocycles. The second-order valence-corrected chi connectivity index (χ2v) is 3.66. The topological polar surface area (TPSA) is 12.5 Å². The Morgan fingerprint density at radius 1 is 1.60 bits per heavy atom. The lowest BCUT2D eigenvalue weighted by Gasteiger charge is -2.12. The molecule has 0 aromatic heterocycles. The monoisotopic (exact) mass is 161 g/mol. The van der Waals surface area contributed by atoms with Crippen LogP contribution in [0.15, 0.2) is 0 Å². The van der Waals surface area contributed by atoms with E-state index in [1.807, 2.05) is 0 Å². The van der Waals surface area contributed by atoms with Gasteiger partial charge in [-0.25, -0.2) is 0 Å². The predicted molar refractivity (Wildman–Crippen MR) is 40.4 cm³/mol.